The van der Waals surface area contributed by atoms with Crippen molar-refractivity contribution in [2.24, 2.45) is 0 Å². The van der Waals surface area contributed by atoms with Crippen LogP contribution in [-0.4, -0.2) is 15.9 Å². The first-order valence-electron chi connectivity index (χ1n) is 6.54. The standard InChI is InChI=1S/C14H24O3P/c1-4-5-6-7-8-18(15,16)17-14-10-12(2)9-13(3)11-14/h9-11,15-16H,4-8H2,1-3H3/q+1. The highest BCUT2D eigenvalue weighted by molar-refractivity contribution is 7.60. The zero-order valence-corrected chi connectivity index (χ0v) is 12.4. The van der Waals surface area contributed by atoms with E-state index in [1.165, 1.54) is 0 Å². The summed E-state index contributed by atoms with van der Waals surface area (Å²) in [7, 11) is -3.24. The number of benzene rings is 1. The topological polar surface area (TPSA) is 49.7 Å². The van der Waals surface area contributed by atoms with Crippen LogP contribution >= 0.6 is 7.94 Å². The normalized spacial score (nSPS) is 11.6. The van der Waals surface area contributed by atoms with E-state index in [1.54, 1.807) is 0 Å². The Kier molecular flexibility index (Phi) is 6.07. The van der Waals surface area contributed by atoms with Crippen LogP contribution in [-0.2, 0) is 0 Å². The first-order chi connectivity index (χ1) is 8.43. The van der Waals surface area contributed by atoms with E-state index in [2.05, 4.69) is 6.92 Å². The quantitative estimate of drug-likeness (QED) is 0.582. The van der Waals surface area contributed by atoms with E-state index >= 15 is 0 Å². The molecule has 0 radical (unpaired) electrons. The molecule has 18 heavy (non-hydrogen) atoms. The van der Waals surface area contributed by atoms with Gasteiger partial charge in [-0.2, -0.15) is 9.79 Å². The fourth-order valence-electron chi connectivity index (χ4n) is 1.94. The van der Waals surface area contributed by atoms with Crippen molar-refractivity contribution >= 4 is 7.94 Å². The van der Waals surface area contributed by atoms with Crippen LogP contribution < -0.4 is 4.52 Å². The van der Waals surface area contributed by atoms with Crippen molar-refractivity contribution in [2.75, 3.05) is 6.16 Å². The lowest BCUT2D eigenvalue weighted by molar-refractivity contribution is 0.336. The number of unbranched alkanes of at least 4 members (excludes halogenated alkanes) is 3. The van der Waals surface area contributed by atoms with Crippen molar-refractivity contribution in [1.29, 1.82) is 0 Å². The molecular formula is C14H24O3P+. The third-order valence-electron chi connectivity index (χ3n) is 2.75. The maximum Gasteiger partial charge on any atom is 0.451 e. The van der Waals surface area contributed by atoms with E-state index in [-0.39, 0.29) is 0 Å². The van der Waals surface area contributed by atoms with Gasteiger partial charge in [-0.1, -0.05) is 25.8 Å². The summed E-state index contributed by atoms with van der Waals surface area (Å²) in [6, 6.07) is 5.70. The molecule has 0 aliphatic carbocycles. The highest BCUT2D eigenvalue weighted by atomic mass is 31.2. The molecule has 2 N–H and O–H groups in total. The molecule has 0 aromatic heterocycles. The summed E-state index contributed by atoms with van der Waals surface area (Å²) in [5.41, 5.74) is 2.13. The minimum Gasteiger partial charge on any atom is -0.287 e. The lowest BCUT2D eigenvalue weighted by atomic mass is 10.1. The summed E-state index contributed by atoms with van der Waals surface area (Å²) in [5, 5.41) is 0. The second kappa shape index (κ2) is 7.08. The van der Waals surface area contributed by atoms with E-state index < -0.39 is 7.94 Å². The molecule has 1 aromatic rings. The molecule has 3 nitrogen and oxygen atoms in total. The summed E-state index contributed by atoms with van der Waals surface area (Å²) in [6.45, 7) is 6.07. The molecule has 1 aromatic carbocycles. The van der Waals surface area contributed by atoms with Crippen LogP contribution in [0.15, 0.2) is 18.2 Å². The van der Waals surface area contributed by atoms with E-state index in [4.69, 9.17) is 4.52 Å². The maximum atomic E-state index is 9.89. The van der Waals surface area contributed by atoms with Crippen molar-refractivity contribution in [3.05, 3.63) is 29.3 Å². The summed E-state index contributed by atoms with van der Waals surface area (Å²) in [6.07, 6.45) is 4.44. The van der Waals surface area contributed by atoms with E-state index in [0.29, 0.717) is 11.9 Å². The van der Waals surface area contributed by atoms with Crippen molar-refractivity contribution in [2.45, 2.75) is 46.5 Å². The number of aryl methyl sites for hydroxylation is 2. The Labute approximate surface area is 110 Å². The number of rotatable bonds is 7. The average Bonchev–Trinajstić information content (AvgIpc) is 2.22. The number of hydrogen-bond donors (Lipinski definition) is 2. The van der Waals surface area contributed by atoms with Gasteiger partial charge in [0.05, 0.1) is 0 Å². The molecule has 0 spiro atoms. The van der Waals surface area contributed by atoms with Crippen LogP contribution in [0.3, 0.4) is 0 Å². The molecule has 0 aliphatic rings. The highest BCUT2D eigenvalue weighted by Gasteiger charge is 2.36. The van der Waals surface area contributed by atoms with Gasteiger partial charge in [-0.15, -0.1) is 0 Å². The maximum absolute atomic E-state index is 9.89. The molecule has 0 heterocycles. The smallest absolute Gasteiger partial charge is 0.287 e. The molecule has 1 rings (SSSR count). The van der Waals surface area contributed by atoms with Crippen molar-refractivity contribution in [3.63, 3.8) is 0 Å². The predicted molar refractivity (Wildman–Crippen MR) is 76.9 cm³/mol. The van der Waals surface area contributed by atoms with Gasteiger partial charge in [0.25, 0.3) is 0 Å². The molecule has 0 amide bonds. The van der Waals surface area contributed by atoms with Crippen LogP contribution in [0.1, 0.15) is 43.7 Å². The summed E-state index contributed by atoms with van der Waals surface area (Å²) in [5.74, 6) is 0.557. The van der Waals surface area contributed by atoms with E-state index in [9.17, 15) is 9.79 Å². The van der Waals surface area contributed by atoms with Crippen molar-refractivity contribution < 1.29 is 14.3 Å². The summed E-state index contributed by atoms with van der Waals surface area (Å²) < 4.78 is 5.37. The van der Waals surface area contributed by atoms with Crippen LogP contribution in [0.2, 0.25) is 0 Å². The summed E-state index contributed by atoms with van der Waals surface area (Å²) in [4.78, 5) is 19.8. The minimum atomic E-state index is -3.24. The number of hydrogen-bond acceptors (Lipinski definition) is 3. The Hall–Kier alpha value is -0.630. The van der Waals surface area contributed by atoms with Crippen LogP contribution in [0.25, 0.3) is 0 Å². The van der Waals surface area contributed by atoms with Crippen LogP contribution in [0.4, 0.5) is 0 Å². The zero-order valence-electron chi connectivity index (χ0n) is 11.5. The van der Waals surface area contributed by atoms with Gasteiger partial charge in [-0.05, 0) is 49.9 Å². The summed E-state index contributed by atoms with van der Waals surface area (Å²) >= 11 is 0. The molecule has 0 fully saturated rings. The van der Waals surface area contributed by atoms with Gasteiger partial charge >= 0.3 is 7.94 Å². The molecule has 0 atom stereocenters. The van der Waals surface area contributed by atoms with Gasteiger partial charge in [-0.3, -0.25) is 4.52 Å². The average molecular weight is 271 g/mol. The van der Waals surface area contributed by atoms with E-state index in [1.807, 2.05) is 32.0 Å². The third-order valence-corrected chi connectivity index (χ3v) is 4.15. The Bertz CT molecular complexity index is 357. The van der Waals surface area contributed by atoms with Gasteiger partial charge in [0, 0.05) is 0 Å². The SMILES string of the molecule is CCCCCC[P+](O)(O)Oc1cc(C)cc(C)c1. The minimum absolute atomic E-state index is 0.347. The lowest BCUT2D eigenvalue weighted by Gasteiger charge is -2.12. The van der Waals surface area contributed by atoms with Gasteiger partial charge in [0.15, 0.2) is 5.75 Å². The van der Waals surface area contributed by atoms with E-state index in [0.717, 1.165) is 36.8 Å². The fraction of sp³-hybridized carbons (Fsp3) is 0.571. The Balaban J connectivity index is 2.53. The van der Waals surface area contributed by atoms with Gasteiger partial charge in [-0.25, -0.2) is 0 Å². The second-order valence-corrected chi connectivity index (χ2v) is 6.82. The Morgan fingerprint density at radius 1 is 1.00 bits per heavy atom. The van der Waals surface area contributed by atoms with Gasteiger partial charge < -0.3 is 0 Å². The second-order valence-electron chi connectivity index (χ2n) is 4.86. The lowest BCUT2D eigenvalue weighted by Crippen LogP contribution is -2.05. The first kappa shape index (κ1) is 15.4. The molecule has 0 unspecified atom stereocenters. The predicted octanol–water partition coefficient (Wildman–Crippen LogP) is 4.01. The van der Waals surface area contributed by atoms with Crippen LogP contribution in [0.5, 0.6) is 5.75 Å². The Morgan fingerprint density at radius 3 is 2.17 bits per heavy atom. The van der Waals surface area contributed by atoms with Crippen LogP contribution in [0, 0.1) is 13.8 Å². The molecule has 0 aliphatic heterocycles. The van der Waals surface area contributed by atoms with Crippen molar-refractivity contribution in [3.8, 4) is 5.75 Å². The first-order valence-corrected chi connectivity index (χ1v) is 8.34. The third kappa shape index (κ3) is 5.81. The molecule has 0 saturated heterocycles. The molecule has 0 saturated carbocycles. The largest absolute Gasteiger partial charge is 0.451 e. The fourth-order valence-corrected chi connectivity index (χ4v) is 3.11. The van der Waals surface area contributed by atoms with Crippen molar-refractivity contribution in [1.82, 2.24) is 0 Å². The monoisotopic (exact) mass is 271 g/mol. The molecule has 0 bridgehead atoms. The highest BCUT2D eigenvalue weighted by Crippen LogP contribution is 2.51. The molecule has 102 valence electrons. The van der Waals surface area contributed by atoms with Gasteiger partial charge in [0.1, 0.15) is 6.16 Å². The molecule has 4 heteroatoms. The molecular weight excluding hydrogens is 247 g/mol. The Morgan fingerprint density at radius 2 is 1.61 bits per heavy atom. The zero-order chi connectivity index (χ0) is 13.6. The van der Waals surface area contributed by atoms with Gasteiger partial charge in [0.2, 0.25) is 0 Å².